The Hall–Kier alpha value is -2.80. The number of H-pyrrole nitrogens is 1. The van der Waals surface area contributed by atoms with Gasteiger partial charge in [0.2, 0.25) is 0 Å². The van der Waals surface area contributed by atoms with Crippen molar-refractivity contribution in [1.82, 2.24) is 14.8 Å². The molecule has 2 aromatic carbocycles. The fourth-order valence-electron chi connectivity index (χ4n) is 2.61. The van der Waals surface area contributed by atoms with Crippen LogP contribution in [0.15, 0.2) is 64.5 Å². The average Bonchev–Trinajstić information content (AvgIpc) is 3.05. The molecule has 27 heavy (non-hydrogen) atoms. The second-order valence-corrected chi connectivity index (χ2v) is 6.81. The lowest BCUT2D eigenvalue weighted by atomic mass is 10.1. The van der Waals surface area contributed by atoms with E-state index in [-0.39, 0.29) is 17.2 Å². The van der Waals surface area contributed by atoms with E-state index in [9.17, 15) is 9.59 Å². The van der Waals surface area contributed by atoms with E-state index in [0.29, 0.717) is 23.9 Å². The molecule has 140 valence electrons. The topological polar surface area (TPSA) is 77.0 Å². The van der Waals surface area contributed by atoms with Gasteiger partial charge in [-0.05, 0) is 43.2 Å². The minimum Gasteiger partial charge on any atom is -0.494 e. The Bertz CT molecular complexity index is 933. The Balaban J connectivity index is 1.60. The first-order valence-corrected chi connectivity index (χ1v) is 9.74. The number of aryl methyl sites for hydroxylation is 1. The summed E-state index contributed by atoms with van der Waals surface area (Å²) in [7, 11) is 0. The van der Waals surface area contributed by atoms with E-state index < -0.39 is 0 Å². The van der Waals surface area contributed by atoms with Gasteiger partial charge in [-0.1, -0.05) is 42.1 Å². The van der Waals surface area contributed by atoms with Crippen molar-refractivity contribution < 1.29 is 9.53 Å². The van der Waals surface area contributed by atoms with E-state index in [0.717, 1.165) is 17.7 Å². The number of thioether (sulfide) groups is 1. The zero-order chi connectivity index (χ0) is 19.1. The minimum atomic E-state index is -0.262. The molecule has 0 atom stereocenters. The largest absolute Gasteiger partial charge is 0.494 e. The molecule has 0 radical (unpaired) electrons. The third kappa shape index (κ3) is 5.10. The number of aromatic nitrogens is 3. The number of carbonyl (C=O) groups excluding carboxylic acids is 1. The quantitative estimate of drug-likeness (QED) is 0.454. The van der Waals surface area contributed by atoms with E-state index in [1.807, 2.05) is 37.3 Å². The number of ketones is 1. The van der Waals surface area contributed by atoms with Crippen molar-refractivity contribution in [2.45, 2.75) is 25.0 Å². The molecule has 0 bridgehead atoms. The van der Waals surface area contributed by atoms with Crippen LogP contribution in [0.3, 0.4) is 0 Å². The Labute approximate surface area is 161 Å². The molecule has 0 spiro atoms. The van der Waals surface area contributed by atoms with E-state index in [1.54, 1.807) is 28.8 Å². The van der Waals surface area contributed by atoms with Crippen molar-refractivity contribution in [1.29, 1.82) is 0 Å². The molecule has 0 amide bonds. The summed E-state index contributed by atoms with van der Waals surface area (Å²) >= 11 is 1.26. The highest BCUT2D eigenvalue weighted by molar-refractivity contribution is 7.99. The van der Waals surface area contributed by atoms with Crippen LogP contribution >= 0.6 is 11.8 Å². The van der Waals surface area contributed by atoms with Gasteiger partial charge in [0, 0.05) is 12.1 Å². The van der Waals surface area contributed by atoms with Crippen LogP contribution < -0.4 is 10.4 Å². The van der Waals surface area contributed by atoms with Crippen LogP contribution in [0, 0.1) is 0 Å². The van der Waals surface area contributed by atoms with Crippen molar-refractivity contribution in [3.63, 3.8) is 0 Å². The Morgan fingerprint density at radius 3 is 2.59 bits per heavy atom. The van der Waals surface area contributed by atoms with Gasteiger partial charge in [0.05, 0.1) is 12.4 Å². The lowest BCUT2D eigenvalue weighted by molar-refractivity contribution is 0.102. The van der Waals surface area contributed by atoms with E-state index in [2.05, 4.69) is 10.2 Å². The smallest absolute Gasteiger partial charge is 0.343 e. The van der Waals surface area contributed by atoms with Gasteiger partial charge in [0.1, 0.15) is 5.75 Å². The molecule has 0 aliphatic carbocycles. The molecule has 3 aromatic rings. The SMILES string of the molecule is CCOc1ccc(C(=O)CSc2n[nH]c(=O)n2CCc2ccccc2)cc1. The van der Waals surface area contributed by atoms with E-state index >= 15 is 0 Å². The highest BCUT2D eigenvalue weighted by Crippen LogP contribution is 2.18. The fourth-order valence-corrected chi connectivity index (χ4v) is 3.48. The van der Waals surface area contributed by atoms with Crippen LogP contribution in [0.4, 0.5) is 0 Å². The maximum absolute atomic E-state index is 12.4. The molecule has 3 rings (SSSR count). The zero-order valence-electron chi connectivity index (χ0n) is 15.1. The minimum absolute atomic E-state index is 0.0203. The summed E-state index contributed by atoms with van der Waals surface area (Å²) < 4.78 is 6.96. The van der Waals surface area contributed by atoms with E-state index in [1.165, 1.54) is 11.8 Å². The molecule has 6 nitrogen and oxygen atoms in total. The maximum Gasteiger partial charge on any atom is 0.343 e. The van der Waals surface area contributed by atoms with Crippen molar-refractivity contribution in [2.24, 2.45) is 0 Å². The summed E-state index contributed by atoms with van der Waals surface area (Å²) in [6, 6.07) is 17.0. The van der Waals surface area contributed by atoms with Gasteiger partial charge in [-0.3, -0.25) is 9.36 Å². The zero-order valence-corrected chi connectivity index (χ0v) is 15.9. The number of rotatable bonds is 9. The average molecular weight is 383 g/mol. The van der Waals surface area contributed by atoms with E-state index in [4.69, 9.17) is 4.74 Å². The van der Waals surface area contributed by atoms with Gasteiger partial charge >= 0.3 is 5.69 Å². The predicted molar refractivity (Wildman–Crippen MR) is 106 cm³/mol. The van der Waals surface area contributed by atoms with Gasteiger partial charge in [0.15, 0.2) is 10.9 Å². The molecule has 0 aliphatic heterocycles. The molecule has 0 saturated heterocycles. The summed E-state index contributed by atoms with van der Waals surface area (Å²) in [5, 5.41) is 7.04. The van der Waals surface area contributed by atoms with Gasteiger partial charge in [-0.25, -0.2) is 9.89 Å². The van der Waals surface area contributed by atoms with Crippen LogP contribution in [0.1, 0.15) is 22.8 Å². The second-order valence-electron chi connectivity index (χ2n) is 5.87. The van der Waals surface area contributed by atoms with Gasteiger partial charge < -0.3 is 4.74 Å². The number of nitrogens with one attached hydrogen (secondary N) is 1. The maximum atomic E-state index is 12.4. The Kier molecular flexibility index (Phi) is 6.49. The van der Waals surface area contributed by atoms with Crippen LogP contribution in [0.25, 0.3) is 0 Å². The Morgan fingerprint density at radius 1 is 1.15 bits per heavy atom. The van der Waals surface area contributed by atoms with Crippen molar-refractivity contribution >= 4 is 17.5 Å². The molecular weight excluding hydrogens is 362 g/mol. The fraction of sp³-hybridized carbons (Fsp3) is 0.250. The molecular formula is C20H21N3O3S. The highest BCUT2D eigenvalue weighted by Gasteiger charge is 2.13. The summed E-state index contributed by atoms with van der Waals surface area (Å²) in [5.41, 5.74) is 1.49. The molecule has 1 aromatic heterocycles. The standard InChI is InChI=1S/C20H21N3O3S/c1-2-26-17-10-8-16(9-11-17)18(24)14-27-20-22-21-19(25)23(20)13-12-15-6-4-3-5-7-15/h3-11H,2,12-14H2,1H3,(H,21,25). The van der Waals surface area contributed by atoms with Crippen LogP contribution in [-0.4, -0.2) is 32.9 Å². The van der Waals surface area contributed by atoms with Gasteiger partial charge in [-0.15, -0.1) is 5.10 Å². The lowest BCUT2D eigenvalue weighted by Gasteiger charge is -2.06. The number of ether oxygens (including phenoxy) is 1. The second kappa shape index (κ2) is 9.23. The summed E-state index contributed by atoms with van der Waals surface area (Å²) in [5.74, 6) is 0.931. The molecule has 0 aliphatic rings. The van der Waals surface area contributed by atoms with Gasteiger partial charge in [0.25, 0.3) is 0 Å². The Morgan fingerprint density at radius 2 is 1.89 bits per heavy atom. The first-order valence-electron chi connectivity index (χ1n) is 8.75. The normalized spacial score (nSPS) is 10.7. The number of nitrogens with zero attached hydrogens (tertiary/aromatic N) is 2. The summed E-state index contributed by atoms with van der Waals surface area (Å²) in [6.07, 6.45) is 0.723. The third-order valence-corrected chi connectivity index (χ3v) is 4.99. The molecule has 0 saturated carbocycles. The predicted octanol–water partition coefficient (Wildman–Crippen LogP) is 3.19. The number of Topliss-reactive ketones (excluding diaryl/α,β-unsaturated/α-hetero) is 1. The number of hydrogen-bond acceptors (Lipinski definition) is 5. The number of benzene rings is 2. The number of aromatic amines is 1. The first-order chi connectivity index (χ1) is 13.2. The highest BCUT2D eigenvalue weighted by atomic mass is 32.2. The molecule has 0 unspecified atom stereocenters. The van der Waals surface area contributed by atoms with Crippen molar-refractivity contribution in [2.75, 3.05) is 12.4 Å². The lowest BCUT2D eigenvalue weighted by Crippen LogP contribution is -2.19. The summed E-state index contributed by atoms with van der Waals surface area (Å²) in [6.45, 7) is 3.01. The number of carbonyl (C=O) groups is 1. The van der Waals surface area contributed by atoms with Crippen molar-refractivity contribution in [3.05, 3.63) is 76.2 Å². The van der Waals surface area contributed by atoms with Gasteiger partial charge in [-0.2, -0.15) is 0 Å². The number of hydrogen-bond donors (Lipinski definition) is 1. The first kappa shape index (κ1) is 19.0. The van der Waals surface area contributed by atoms with Crippen molar-refractivity contribution in [3.8, 4) is 5.75 Å². The molecule has 1 heterocycles. The van der Waals surface area contributed by atoms with Crippen LogP contribution in [0.5, 0.6) is 5.75 Å². The van der Waals surface area contributed by atoms with Crippen LogP contribution in [0.2, 0.25) is 0 Å². The summed E-state index contributed by atoms with van der Waals surface area (Å²) in [4.78, 5) is 24.4. The molecule has 7 heteroatoms. The molecule has 1 N–H and O–H groups in total. The van der Waals surface area contributed by atoms with Crippen LogP contribution in [-0.2, 0) is 13.0 Å². The third-order valence-electron chi connectivity index (χ3n) is 4.01. The monoisotopic (exact) mass is 383 g/mol. The molecule has 0 fully saturated rings.